The number of nitrogens with zero attached hydrogens (tertiary/aromatic N) is 2. The second-order valence-electron chi connectivity index (χ2n) is 2.52. The second-order valence-corrected chi connectivity index (χ2v) is 2.52. The Morgan fingerprint density at radius 2 is 2.31 bits per heavy atom. The minimum Gasteiger partial charge on any atom is -0.377 e. The highest BCUT2D eigenvalue weighted by Gasteiger charge is 2.41. The number of H-pyrrole nitrogens is 1. The molecule has 1 heterocycles. The SMILES string of the molecule is OC(CCF)(c1cn[nH]n1)C(F)F. The molecule has 0 aromatic carbocycles. The lowest BCUT2D eigenvalue weighted by Gasteiger charge is -2.22. The van der Waals surface area contributed by atoms with Crippen molar-refractivity contribution in [3.8, 4) is 0 Å². The summed E-state index contributed by atoms with van der Waals surface area (Å²) < 4.78 is 36.6. The van der Waals surface area contributed by atoms with Crippen LogP contribution >= 0.6 is 0 Å². The number of hydrogen-bond donors (Lipinski definition) is 2. The number of aliphatic hydroxyl groups is 1. The molecule has 0 spiro atoms. The van der Waals surface area contributed by atoms with Gasteiger partial charge >= 0.3 is 0 Å². The maximum atomic E-state index is 12.3. The summed E-state index contributed by atoms with van der Waals surface area (Å²) in [5, 5.41) is 18.0. The highest BCUT2D eigenvalue weighted by molar-refractivity contribution is 5.07. The van der Waals surface area contributed by atoms with Crippen LogP contribution in [0.4, 0.5) is 13.2 Å². The van der Waals surface area contributed by atoms with Crippen molar-refractivity contribution in [2.45, 2.75) is 18.4 Å². The maximum Gasteiger partial charge on any atom is 0.272 e. The molecular formula is C6H8F3N3O. The summed E-state index contributed by atoms with van der Waals surface area (Å²) in [7, 11) is 0. The molecule has 0 radical (unpaired) electrons. The smallest absolute Gasteiger partial charge is 0.272 e. The van der Waals surface area contributed by atoms with Gasteiger partial charge in [0.15, 0.2) is 5.60 Å². The monoisotopic (exact) mass is 195 g/mol. The van der Waals surface area contributed by atoms with Gasteiger partial charge in [-0.2, -0.15) is 15.4 Å². The van der Waals surface area contributed by atoms with Gasteiger partial charge in [-0.05, 0) is 0 Å². The predicted molar refractivity (Wildman–Crippen MR) is 36.9 cm³/mol. The Kier molecular flexibility index (Phi) is 2.86. The standard InChI is InChI=1S/C6H8F3N3O/c7-2-1-6(13,5(8)9)4-3-10-12-11-4/h3,5,13H,1-2H2,(H,10,11,12). The van der Waals surface area contributed by atoms with Gasteiger partial charge in [0, 0.05) is 6.42 Å². The Labute approximate surface area is 71.8 Å². The van der Waals surface area contributed by atoms with Gasteiger partial charge in [0.2, 0.25) is 0 Å². The number of aromatic nitrogens is 3. The molecule has 0 aliphatic rings. The lowest BCUT2D eigenvalue weighted by atomic mass is 9.98. The van der Waals surface area contributed by atoms with E-state index in [4.69, 9.17) is 0 Å². The molecular weight excluding hydrogens is 187 g/mol. The molecule has 2 N–H and O–H groups in total. The van der Waals surface area contributed by atoms with Crippen molar-refractivity contribution in [2.24, 2.45) is 0 Å². The van der Waals surface area contributed by atoms with E-state index in [1.807, 2.05) is 5.21 Å². The van der Waals surface area contributed by atoms with E-state index in [9.17, 15) is 18.3 Å². The van der Waals surface area contributed by atoms with Gasteiger partial charge in [-0.3, -0.25) is 4.39 Å². The molecule has 1 unspecified atom stereocenters. The van der Waals surface area contributed by atoms with E-state index >= 15 is 0 Å². The Morgan fingerprint density at radius 1 is 1.62 bits per heavy atom. The summed E-state index contributed by atoms with van der Waals surface area (Å²) >= 11 is 0. The molecule has 0 fully saturated rings. The van der Waals surface area contributed by atoms with Crippen LogP contribution in [0.3, 0.4) is 0 Å². The van der Waals surface area contributed by atoms with E-state index in [-0.39, 0.29) is 5.69 Å². The van der Waals surface area contributed by atoms with Crippen molar-refractivity contribution < 1.29 is 18.3 Å². The average Bonchev–Trinajstić information content (AvgIpc) is 2.56. The van der Waals surface area contributed by atoms with Crippen molar-refractivity contribution in [2.75, 3.05) is 6.67 Å². The molecule has 0 aliphatic heterocycles. The van der Waals surface area contributed by atoms with Crippen molar-refractivity contribution >= 4 is 0 Å². The summed E-state index contributed by atoms with van der Waals surface area (Å²) in [5.74, 6) is 0. The first kappa shape index (κ1) is 9.97. The molecule has 1 aromatic rings. The summed E-state index contributed by atoms with van der Waals surface area (Å²) in [6, 6.07) is 0. The predicted octanol–water partition coefficient (Wildman–Crippen LogP) is 0.617. The zero-order valence-electron chi connectivity index (χ0n) is 6.54. The lowest BCUT2D eigenvalue weighted by molar-refractivity contribution is -0.112. The summed E-state index contributed by atoms with van der Waals surface area (Å²) in [6.45, 7) is -1.05. The number of alkyl halides is 3. The summed E-state index contributed by atoms with van der Waals surface area (Å²) in [6.07, 6.45) is -2.84. The van der Waals surface area contributed by atoms with Crippen LogP contribution < -0.4 is 0 Å². The third-order valence-electron chi connectivity index (χ3n) is 1.70. The molecule has 1 rings (SSSR count). The minimum absolute atomic E-state index is 0.347. The third kappa shape index (κ3) is 1.80. The molecule has 13 heavy (non-hydrogen) atoms. The van der Waals surface area contributed by atoms with Crippen LogP contribution in [-0.2, 0) is 5.60 Å². The van der Waals surface area contributed by atoms with E-state index < -0.39 is 25.1 Å². The summed E-state index contributed by atoms with van der Waals surface area (Å²) in [4.78, 5) is 0. The Balaban J connectivity index is 2.91. The molecule has 0 saturated carbocycles. The molecule has 7 heteroatoms. The number of halogens is 3. The molecule has 0 aliphatic carbocycles. The number of hydrogen-bond acceptors (Lipinski definition) is 3. The zero-order chi connectivity index (χ0) is 9.90. The summed E-state index contributed by atoms with van der Waals surface area (Å²) in [5.41, 5.74) is -2.89. The Hall–Kier alpha value is -1.11. The topological polar surface area (TPSA) is 61.8 Å². The van der Waals surface area contributed by atoms with Crippen LogP contribution in [0.15, 0.2) is 6.20 Å². The van der Waals surface area contributed by atoms with Gasteiger partial charge in [0.25, 0.3) is 6.43 Å². The van der Waals surface area contributed by atoms with Crippen LogP contribution in [0, 0.1) is 0 Å². The second kappa shape index (κ2) is 3.73. The van der Waals surface area contributed by atoms with Crippen LogP contribution in [0.2, 0.25) is 0 Å². The van der Waals surface area contributed by atoms with Gasteiger partial charge in [-0.15, -0.1) is 0 Å². The fourth-order valence-corrected chi connectivity index (χ4v) is 0.903. The van der Waals surface area contributed by atoms with Gasteiger partial charge in [-0.25, -0.2) is 8.78 Å². The highest BCUT2D eigenvalue weighted by atomic mass is 19.3. The largest absolute Gasteiger partial charge is 0.377 e. The highest BCUT2D eigenvalue weighted by Crippen LogP contribution is 2.29. The quantitative estimate of drug-likeness (QED) is 0.740. The molecule has 0 saturated heterocycles. The maximum absolute atomic E-state index is 12.3. The van der Waals surface area contributed by atoms with Crippen molar-refractivity contribution in [1.29, 1.82) is 0 Å². The average molecular weight is 195 g/mol. The molecule has 1 aromatic heterocycles. The number of nitrogens with one attached hydrogen (secondary N) is 1. The fraction of sp³-hybridized carbons (Fsp3) is 0.667. The number of rotatable bonds is 4. The van der Waals surface area contributed by atoms with E-state index in [1.54, 1.807) is 0 Å². The van der Waals surface area contributed by atoms with Gasteiger partial charge < -0.3 is 5.11 Å². The first-order chi connectivity index (χ1) is 6.11. The van der Waals surface area contributed by atoms with Crippen molar-refractivity contribution in [1.82, 2.24) is 15.4 Å². The van der Waals surface area contributed by atoms with E-state index in [0.717, 1.165) is 6.20 Å². The van der Waals surface area contributed by atoms with Gasteiger partial charge in [-0.1, -0.05) is 0 Å². The Bertz CT molecular complexity index is 254. The zero-order valence-corrected chi connectivity index (χ0v) is 6.54. The lowest BCUT2D eigenvalue weighted by Crippen LogP contribution is -2.35. The molecule has 1 atom stereocenters. The van der Waals surface area contributed by atoms with Crippen molar-refractivity contribution in [3.05, 3.63) is 11.9 Å². The van der Waals surface area contributed by atoms with Crippen LogP contribution in [0.25, 0.3) is 0 Å². The molecule has 4 nitrogen and oxygen atoms in total. The normalized spacial score (nSPS) is 16.1. The molecule has 0 amide bonds. The van der Waals surface area contributed by atoms with E-state index in [1.165, 1.54) is 0 Å². The van der Waals surface area contributed by atoms with Gasteiger partial charge in [0.05, 0.1) is 12.9 Å². The number of aromatic amines is 1. The van der Waals surface area contributed by atoms with Gasteiger partial charge in [0.1, 0.15) is 5.69 Å². The van der Waals surface area contributed by atoms with E-state index in [0.29, 0.717) is 0 Å². The fourth-order valence-electron chi connectivity index (χ4n) is 0.903. The first-order valence-corrected chi connectivity index (χ1v) is 3.54. The van der Waals surface area contributed by atoms with Crippen LogP contribution in [-0.4, -0.2) is 33.6 Å². The Morgan fingerprint density at radius 3 is 2.69 bits per heavy atom. The van der Waals surface area contributed by atoms with Crippen molar-refractivity contribution in [3.63, 3.8) is 0 Å². The van der Waals surface area contributed by atoms with Crippen LogP contribution in [0.1, 0.15) is 12.1 Å². The first-order valence-electron chi connectivity index (χ1n) is 3.54. The molecule has 74 valence electrons. The van der Waals surface area contributed by atoms with E-state index in [2.05, 4.69) is 10.2 Å². The molecule has 0 bridgehead atoms. The minimum atomic E-state index is -3.09. The third-order valence-corrected chi connectivity index (χ3v) is 1.70. The van der Waals surface area contributed by atoms with Crippen LogP contribution in [0.5, 0.6) is 0 Å².